The lowest BCUT2D eigenvalue weighted by atomic mass is 9.74. The Labute approximate surface area is 136 Å². The molecular weight excluding hydrogens is 264 g/mol. The van der Waals surface area contributed by atoms with Crippen LogP contribution in [0.15, 0.2) is 30.3 Å². The molecule has 0 aliphatic heterocycles. The van der Waals surface area contributed by atoms with E-state index in [-0.39, 0.29) is 10.8 Å². The molecule has 2 aromatic carbocycles. The fraction of sp³-hybridized carbons (Fsp3) is 0.455. The highest BCUT2D eigenvalue weighted by atomic mass is 14.3. The van der Waals surface area contributed by atoms with Gasteiger partial charge in [-0.1, -0.05) is 71.9 Å². The number of aryl methyl sites for hydroxylation is 2. The second kappa shape index (κ2) is 5.57. The van der Waals surface area contributed by atoms with Crippen LogP contribution >= 0.6 is 0 Å². The molecule has 0 heterocycles. The largest absolute Gasteiger partial charge is 0.0616 e. The first-order valence-corrected chi connectivity index (χ1v) is 8.15. The third-order valence-corrected chi connectivity index (χ3v) is 4.24. The van der Waals surface area contributed by atoms with E-state index in [4.69, 9.17) is 0 Å². The molecule has 0 N–H and O–H groups in total. The molecule has 0 aliphatic carbocycles. The topological polar surface area (TPSA) is 0 Å². The van der Waals surface area contributed by atoms with Gasteiger partial charge in [-0.2, -0.15) is 0 Å². The number of hydrogen-bond acceptors (Lipinski definition) is 0. The summed E-state index contributed by atoms with van der Waals surface area (Å²) in [6.07, 6.45) is 0. The summed E-state index contributed by atoms with van der Waals surface area (Å²) < 4.78 is 0. The fourth-order valence-electron chi connectivity index (χ4n) is 3.10. The molecule has 0 bridgehead atoms. The van der Waals surface area contributed by atoms with Crippen molar-refractivity contribution in [1.29, 1.82) is 0 Å². The van der Waals surface area contributed by atoms with E-state index in [2.05, 4.69) is 91.8 Å². The Balaban J connectivity index is 2.87. The molecular formula is C22H29. The van der Waals surface area contributed by atoms with Gasteiger partial charge in [0.05, 0.1) is 0 Å². The zero-order chi connectivity index (χ0) is 16.7. The van der Waals surface area contributed by atoms with Crippen molar-refractivity contribution >= 4 is 0 Å². The quantitative estimate of drug-likeness (QED) is 0.573. The van der Waals surface area contributed by atoms with Gasteiger partial charge in [0.25, 0.3) is 0 Å². The lowest BCUT2D eigenvalue weighted by Crippen LogP contribution is -2.19. The van der Waals surface area contributed by atoms with E-state index in [1.54, 1.807) is 0 Å². The second-order valence-electron chi connectivity index (χ2n) is 8.41. The monoisotopic (exact) mass is 293 g/mol. The molecule has 2 aromatic rings. The highest BCUT2D eigenvalue weighted by Crippen LogP contribution is 2.41. The smallest absolute Gasteiger partial charge is 0.0106 e. The van der Waals surface area contributed by atoms with Gasteiger partial charge in [0.2, 0.25) is 0 Å². The maximum Gasteiger partial charge on any atom is -0.0106 e. The molecule has 1 radical (unpaired) electrons. The molecule has 0 aromatic heterocycles. The highest BCUT2D eigenvalue weighted by Gasteiger charge is 2.26. The summed E-state index contributed by atoms with van der Waals surface area (Å²) in [6.45, 7) is 18.1. The van der Waals surface area contributed by atoms with Gasteiger partial charge in [-0.05, 0) is 64.1 Å². The van der Waals surface area contributed by atoms with Gasteiger partial charge < -0.3 is 0 Å². The van der Waals surface area contributed by atoms with Crippen molar-refractivity contribution < 1.29 is 0 Å². The Hall–Kier alpha value is -1.56. The van der Waals surface area contributed by atoms with E-state index in [1.807, 2.05) is 0 Å². The van der Waals surface area contributed by atoms with Crippen molar-refractivity contribution in [3.8, 4) is 11.1 Å². The van der Waals surface area contributed by atoms with E-state index in [0.29, 0.717) is 0 Å². The summed E-state index contributed by atoms with van der Waals surface area (Å²) in [7, 11) is 0. The Morgan fingerprint density at radius 2 is 1.23 bits per heavy atom. The minimum Gasteiger partial charge on any atom is -0.0616 e. The van der Waals surface area contributed by atoms with Crippen molar-refractivity contribution in [3.05, 3.63) is 58.7 Å². The molecule has 0 atom stereocenters. The van der Waals surface area contributed by atoms with Crippen LogP contribution < -0.4 is 0 Å². The van der Waals surface area contributed by atoms with E-state index >= 15 is 0 Å². The SMILES string of the molecule is Cc1[c]c(C)c(-c2c(C(C)(C)C)cccc2C(C)(C)C)cc1. The van der Waals surface area contributed by atoms with E-state index in [1.165, 1.54) is 33.4 Å². The molecule has 0 unspecified atom stereocenters. The van der Waals surface area contributed by atoms with Crippen molar-refractivity contribution in [1.82, 2.24) is 0 Å². The Bertz CT molecular complexity index is 644. The van der Waals surface area contributed by atoms with Gasteiger partial charge in [-0.15, -0.1) is 0 Å². The van der Waals surface area contributed by atoms with Crippen molar-refractivity contribution in [3.63, 3.8) is 0 Å². The zero-order valence-corrected chi connectivity index (χ0v) is 15.4. The van der Waals surface area contributed by atoms with Crippen LogP contribution in [-0.4, -0.2) is 0 Å². The lowest BCUT2D eigenvalue weighted by Gasteiger charge is -2.31. The maximum atomic E-state index is 3.49. The predicted octanol–water partition coefficient (Wildman–Crippen LogP) is 6.37. The standard InChI is InChI=1S/C22H29/c1-15-12-13-17(16(2)14-15)20-18(21(3,4)5)10-9-11-19(20)22(6,7)8/h9-13H,1-8H3. The molecule has 0 nitrogen and oxygen atoms in total. The molecule has 0 amide bonds. The summed E-state index contributed by atoms with van der Waals surface area (Å²) in [4.78, 5) is 0. The van der Waals surface area contributed by atoms with Gasteiger partial charge in [0.1, 0.15) is 0 Å². The molecule has 0 spiro atoms. The molecule has 0 saturated carbocycles. The van der Waals surface area contributed by atoms with Crippen LogP contribution in [0.1, 0.15) is 63.8 Å². The summed E-state index contributed by atoms with van der Waals surface area (Å²) in [6, 6.07) is 14.7. The van der Waals surface area contributed by atoms with E-state index in [0.717, 1.165) is 0 Å². The fourth-order valence-corrected chi connectivity index (χ4v) is 3.10. The minimum absolute atomic E-state index is 0.119. The predicted molar refractivity (Wildman–Crippen MR) is 97.6 cm³/mol. The van der Waals surface area contributed by atoms with Crippen LogP contribution in [0.4, 0.5) is 0 Å². The van der Waals surface area contributed by atoms with Gasteiger partial charge in [0.15, 0.2) is 0 Å². The summed E-state index contributed by atoms with van der Waals surface area (Å²) in [5.74, 6) is 0. The Morgan fingerprint density at radius 3 is 1.64 bits per heavy atom. The highest BCUT2D eigenvalue weighted by molar-refractivity contribution is 5.76. The normalized spacial score (nSPS) is 12.5. The first-order valence-electron chi connectivity index (χ1n) is 8.15. The van der Waals surface area contributed by atoms with E-state index < -0.39 is 0 Å². The third-order valence-electron chi connectivity index (χ3n) is 4.24. The number of rotatable bonds is 1. The van der Waals surface area contributed by atoms with Crippen molar-refractivity contribution in [2.45, 2.75) is 66.2 Å². The molecule has 0 fully saturated rings. The van der Waals surface area contributed by atoms with Gasteiger partial charge in [-0.3, -0.25) is 0 Å². The van der Waals surface area contributed by atoms with Crippen LogP contribution in [0.2, 0.25) is 0 Å². The molecule has 117 valence electrons. The molecule has 2 rings (SSSR count). The van der Waals surface area contributed by atoms with Crippen LogP contribution in [0.3, 0.4) is 0 Å². The molecule has 0 saturated heterocycles. The summed E-state index contributed by atoms with van der Waals surface area (Å²) in [5, 5.41) is 0. The van der Waals surface area contributed by atoms with Crippen LogP contribution in [0.25, 0.3) is 11.1 Å². The average Bonchev–Trinajstić information content (AvgIpc) is 2.36. The van der Waals surface area contributed by atoms with Gasteiger partial charge in [-0.25, -0.2) is 0 Å². The first-order chi connectivity index (χ1) is 10.0. The molecule has 0 heteroatoms. The zero-order valence-electron chi connectivity index (χ0n) is 15.4. The van der Waals surface area contributed by atoms with Crippen LogP contribution in [0, 0.1) is 19.9 Å². The van der Waals surface area contributed by atoms with Crippen molar-refractivity contribution in [2.75, 3.05) is 0 Å². The Morgan fingerprint density at radius 1 is 0.727 bits per heavy atom. The Kier molecular flexibility index (Phi) is 4.26. The van der Waals surface area contributed by atoms with Gasteiger partial charge >= 0.3 is 0 Å². The number of benzene rings is 2. The van der Waals surface area contributed by atoms with Crippen LogP contribution in [-0.2, 0) is 10.8 Å². The van der Waals surface area contributed by atoms with Crippen LogP contribution in [0.5, 0.6) is 0 Å². The minimum atomic E-state index is 0.119. The lowest BCUT2D eigenvalue weighted by molar-refractivity contribution is 0.572. The van der Waals surface area contributed by atoms with Crippen molar-refractivity contribution in [2.24, 2.45) is 0 Å². The summed E-state index contributed by atoms with van der Waals surface area (Å²) in [5.41, 5.74) is 8.23. The van der Waals surface area contributed by atoms with Gasteiger partial charge in [0, 0.05) is 0 Å². The first kappa shape index (κ1) is 16.8. The second-order valence-corrected chi connectivity index (χ2v) is 8.41. The molecule has 22 heavy (non-hydrogen) atoms. The number of hydrogen-bond donors (Lipinski definition) is 0. The van der Waals surface area contributed by atoms with E-state index in [9.17, 15) is 0 Å². The maximum absolute atomic E-state index is 3.49. The molecule has 0 aliphatic rings. The third kappa shape index (κ3) is 3.27. The average molecular weight is 293 g/mol. The summed E-state index contributed by atoms with van der Waals surface area (Å²) >= 11 is 0.